The number of carbonyl (C=O) groups excluding carboxylic acids is 1. The van der Waals surface area contributed by atoms with Gasteiger partial charge in [0, 0.05) is 17.3 Å². The number of anilines is 1. The summed E-state index contributed by atoms with van der Waals surface area (Å²) in [6, 6.07) is 13.9. The summed E-state index contributed by atoms with van der Waals surface area (Å²) in [5.74, 6) is -0.315. The summed E-state index contributed by atoms with van der Waals surface area (Å²) in [5, 5.41) is 11.6. The van der Waals surface area contributed by atoms with Crippen molar-refractivity contribution in [3.63, 3.8) is 0 Å². The number of nitriles is 1. The third kappa shape index (κ3) is 4.81. The standard InChI is InChI=1S/C18H19N3O3S/c1-3-13(2)20-18(22)15-5-4-6-17(11-15)25(23,24)21-16-9-7-14(12-19)8-10-16/h4-11,13,21H,3H2,1-2H3,(H,20,22). The lowest BCUT2D eigenvalue weighted by atomic mass is 10.2. The average molecular weight is 357 g/mol. The van der Waals surface area contributed by atoms with Gasteiger partial charge in [0.05, 0.1) is 16.5 Å². The second kappa shape index (κ2) is 7.81. The Balaban J connectivity index is 2.23. The van der Waals surface area contributed by atoms with Crippen LogP contribution in [0.25, 0.3) is 0 Å². The molecule has 0 heterocycles. The van der Waals surface area contributed by atoms with Crippen LogP contribution in [0.1, 0.15) is 36.2 Å². The predicted molar refractivity (Wildman–Crippen MR) is 95.6 cm³/mol. The highest BCUT2D eigenvalue weighted by atomic mass is 32.2. The van der Waals surface area contributed by atoms with Crippen molar-refractivity contribution in [2.45, 2.75) is 31.2 Å². The summed E-state index contributed by atoms with van der Waals surface area (Å²) in [6.07, 6.45) is 0.782. The van der Waals surface area contributed by atoms with Gasteiger partial charge < -0.3 is 5.32 Å². The van der Waals surface area contributed by atoms with Gasteiger partial charge in [0.1, 0.15) is 0 Å². The first-order valence-electron chi connectivity index (χ1n) is 7.79. The molecule has 0 bridgehead atoms. The van der Waals surface area contributed by atoms with Crippen molar-refractivity contribution in [3.8, 4) is 6.07 Å². The number of amides is 1. The van der Waals surface area contributed by atoms with Crippen LogP contribution in [0.3, 0.4) is 0 Å². The molecule has 2 aromatic carbocycles. The lowest BCUT2D eigenvalue weighted by Gasteiger charge is -2.12. The van der Waals surface area contributed by atoms with E-state index in [9.17, 15) is 13.2 Å². The lowest BCUT2D eigenvalue weighted by molar-refractivity contribution is 0.0939. The van der Waals surface area contributed by atoms with Gasteiger partial charge in [0.2, 0.25) is 0 Å². The minimum atomic E-state index is -3.84. The molecule has 0 saturated carbocycles. The van der Waals surface area contributed by atoms with Crippen molar-refractivity contribution in [1.82, 2.24) is 5.32 Å². The van der Waals surface area contributed by atoms with E-state index in [1.807, 2.05) is 19.9 Å². The van der Waals surface area contributed by atoms with Gasteiger partial charge in [-0.05, 0) is 55.8 Å². The van der Waals surface area contributed by atoms with Crippen molar-refractivity contribution < 1.29 is 13.2 Å². The minimum Gasteiger partial charge on any atom is -0.350 e. The van der Waals surface area contributed by atoms with Crippen LogP contribution < -0.4 is 10.0 Å². The van der Waals surface area contributed by atoms with Gasteiger partial charge in [0.25, 0.3) is 15.9 Å². The summed E-state index contributed by atoms with van der Waals surface area (Å²) in [4.78, 5) is 12.2. The molecule has 2 rings (SSSR count). The first kappa shape index (κ1) is 18.5. The molecule has 2 N–H and O–H groups in total. The Labute approximate surface area is 147 Å². The normalized spacial score (nSPS) is 12.0. The van der Waals surface area contributed by atoms with Crippen molar-refractivity contribution >= 4 is 21.6 Å². The Morgan fingerprint density at radius 1 is 1.20 bits per heavy atom. The zero-order valence-corrected chi connectivity index (χ0v) is 14.8. The second-order valence-electron chi connectivity index (χ2n) is 5.61. The van der Waals surface area contributed by atoms with E-state index in [1.165, 1.54) is 42.5 Å². The van der Waals surface area contributed by atoms with E-state index in [1.54, 1.807) is 6.07 Å². The molecule has 0 fully saturated rings. The van der Waals surface area contributed by atoms with E-state index in [2.05, 4.69) is 10.0 Å². The van der Waals surface area contributed by atoms with E-state index in [4.69, 9.17) is 5.26 Å². The Morgan fingerprint density at radius 2 is 1.88 bits per heavy atom. The van der Waals surface area contributed by atoms with Gasteiger partial charge in [-0.2, -0.15) is 5.26 Å². The average Bonchev–Trinajstić information content (AvgIpc) is 2.62. The van der Waals surface area contributed by atoms with Crippen LogP contribution in [0.15, 0.2) is 53.4 Å². The van der Waals surface area contributed by atoms with E-state index >= 15 is 0 Å². The lowest BCUT2D eigenvalue weighted by Crippen LogP contribution is -2.32. The van der Waals surface area contributed by atoms with Crippen LogP contribution in [0.2, 0.25) is 0 Å². The smallest absolute Gasteiger partial charge is 0.261 e. The summed E-state index contributed by atoms with van der Waals surface area (Å²) >= 11 is 0. The van der Waals surface area contributed by atoms with E-state index < -0.39 is 10.0 Å². The molecule has 0 spiro atoms. The fraction of sp³-hybridized carbons (Fsp3) is 0.222. The monoisotopic (exact) mass is 357 g/mol. The topological polar surface area (TPSA) is 99.1 Å². The quantitative estimate of drug-likeness (QED) is 0.830. The molecule has 0 saturated heterocycles. The van der Waals surface area contributed by atoms with Crippen LogP contribution in [-0.4, -0.2) is 20.4 Å². The molecule has 0 aliphatic carbocycles. The summed E-state index contributed by atoms with van der Waals surface area (Å²) in [7, 11) is -3.84. The SMILES string of the molecule is CCC(C)NC(=O)c1cccc(S(=O)(=O)Nc2ccc(C#N)cc2)c1. The summed E-state index contributed by atoms with van der Waals surface area (Å²) in [5.41, 5.74) is 1.06. The number of benzene rings is 2. The summed E-state index contributed by atoms with van der Waals surface area (Å²) in [6.45, 7) is 3.83. The van der Waals surface area contributed by atoms with Crippen molar-refractivity contribution in [3.05, 3.63) is 59.7 Å². The number of carbonyl (C=O) groups is 1. The third-order valence-corrected chi connectivity index (χ3v) is 5.04. The Bertz CT molecular complexity index is 900. The number of sulfonamides is 1. The Kier molecular flexibility index (Phi) is 5.78. The van der Waals surface area contributed by atoms with Crippen LogP contribution in [0.4, 0.5) is 5.69 Å². The van der Waals surface area contributed by atoms with E-state index in [-0.39, 0.29) is 22.4 Å². The van der Waals surface area contributed by atoms with Crippen LogP contribution in [0.5, 0.6) is 0 Å². The number of nitrogens with zero attached hydrogens (tertiary/aromatic N) is 1. The molecule has 0 aliphatic heterocycles. The molecular formula is C18H19N3O3S. The molecule has 0 radical (unpaired) electrons. The fourth-order valence-corrected chi connectivity index (χ4v) is 3.14. The molecule has 130 valence electrons. The Morgan fingerprint density at radius 3 is 2.48 bits per heavy atom. The van der Waals surface area contributed by atoms with E-state index in [0.717, 1.165) is 6.42 Å². The molecule has 6 nitrogen and oxygen atoms in total. The molecule has 1 atom stereocenters. The van der Waals surface area contributed by atoms with Crippen LogP contribution >= 0.6 is 0 Å². The maximum Gasteiger partial charge on any atom is 0.261 e. The van der Waals surface area contributed by atoms with Crippen molar-refractivity contribution in [1.29, 1.82) is 5.26 Å². The van der Waals surface area contributed by atoms with Crippen LogP contribution in [0, 0.1) is 11.3 Å². The van der Waals surface area contributed by atoms with Gasteiger partial charge in [-0.1, -0.05) is 13.0 Å². The van der Waals surface area contributed by atoms with Gasteiger partial charge in [-0.25, -0.2) is 8.42 Å². The molecule has 0 aromatic heterocycles. The van der Waals surface area contributed by atoms with Gasteiger partial charge in [-0.3, -0.25) is 9.52 Å². The highest BCUT2D eigenvalue weighted by molar-refractivity contribution is 7.92. The zero-order valence-electron chi connectivity index (χ0n) is 14.0. The van der Waals surface area contributed by atoms with Crippen molar-refractivity contribution in [2.75, 3.05) is 4.72 Å². The highest BCUT2D eigenvalue weighted by Crippen LogP contribution is 2.18. The predicted octanol–water partition coefficient (Wildman–Crippen LogP) is 2.89. The minimum absolute atomic E-state index is 0.00420. The van der Waals surface area contributed by atoms with Crippen LogP contribution in [-0.2, 0) is 10.0 Å². The fourth-order valence-electron chi connectivity index (χ4n) is 2.04. The molecule has 1 unspecified atom stereocenters. The number of hydrogen-bond acceptors (Lipinski definition) is 4. The van der Waals surface area contributed by atoms with Gasteiger partial charge >= 0.3 is 0 Å². The number of nitrogens with one attached hydrogen (secondary N) is 2. The number of hydrogen-bond donors (Lipinski definition) is 2. The molecule has 0 aliphatic rings. The maximum atomic E-state index is 12.5. The van der Waals surface area contributed by atoms with E-state index in [0.29, 0.717) is 11.3 Å². The first-order valence-corrected chi connectivity index (χ1v) is 9.28. The Hall–Kier alpha value is -2.85. The first-order chi connectivity index (χ1) is 11.9. The zero-order chi connectivity index (χ0) is 18.4. The summed E-state index contributed by atoms with van der Waals surface area (Å²) < 4.78 is 27.4. The van der Waals surface area contributed by atoms with Gasteiger partial charge in [0.15, 0.2) is 0 Å². The maximum absolute atomic E-state index is 12.5. The van der Waals surface area contributed by atoms with Gasteiger partial charge in [-0.15, -0.1) is 0 Å². The molecule has 2 aromatic rings. The molecular weight excluding hydrogens is 338 g/mol. The number of rotatable bonds is 6. The second-order valence-corrected chi connectivity index (χ2v) is 7.29. The molecule has 1 amide bonds. The highest BCUT2D eigenvalue weighted by Gasteiger charge is 2.17. The molecule has 25 heavy (non-hydrogen) atoms. The molecule has 7 heteroatoms. The van der Waals surface area contributed by atoms with Crippen molar-refractivity contribution in [2.24, 2.45) is 0 Å². The third-order valence-electron chi connectivity index (χ3n) is 3.66. The largest absolute Gasteiger partial charge is 0.350 e.